The van der Waals surface area contributed by atoms with Crippen LogP contribution in [-0.2, 0) is 0 Å². The number of hydrogen-bond acceptors (Lipinski definition) is 1. The molecule has 10 aromatic carbocycles. The van der Waals surface area contributed by atoms with Gasteiger partial charge >= 0.3 is 0 Å². The van der Waals surface area contributed by atoms with Gasteiger partial charge < -0.3 is 4.90 Å². The van der Waals surface area contributed by atoms with Crippen LogP contribution in [0.5, 0.6) is 0 Å². The van der Waals surface area contributed by atoms with Crippen LogP contribution < -0.4 is 4.90 Å². The normalized spacial score (nSPS) is 11.4. The summed E-state index contributed by atoms with van der Waals surface area (Å²) >= 11 is 0. The van der Waals surface area contributed by atoms with Crippen molar-refractivity contribution in [2.75, 3.05) is 4.90 Å². The zero-order chi connectivity index (χ0) is 35.1. The second kappa shape index (κ2) is 13.0. The third-order valence-corrected chi connectivity index (χ3v) is 10.6. The van der Waals surface area contributed by atoms with E-state index in [0.29, 0.717) is 0 Å². The Balaban J connectivity index is 1.26. The summed E-state index contributed by atoms with van der Waals surface area (Å²) in [5.41, 5.74) is 10.6. The highest BCUT2D eigenvalue weighted by Gasteiger charge is 2.22. The van der Waals surface area contributed by atoms with E-state index in [2.05, 4.69) is 217 Å². The standard InChI is InChI=1S/C52H35N/c1-2-16-36(17-3-1)42-21-8-9-23-45(42)47-25-10-11-26-48(47)49-27-14-15-29-51(49)53(40-32-33-44-39(34-40)31-30-37-18-4-6-20-41(37)44)52-35-38-19-5-7-22-43(38)46-24-12-13-28-50(46)52/h1-35H. The maximum Gasteiger partial charge on any atom is 0.0546 e. The molecule has 53 heavy (non-hydrogen) atoms. The topological polar surface area (TPSA) is 3.24 Å². The molecule has 0 aliphatic heterocycles. The highest BCUT2D eigenvalue weighted by atomic mass is 15.1. The number of anilines is 3. The summed E-state index contributed by atoms with van der Waals surface area (Å²) in [6.07, 6.45) is 0. The lowest BCUT2D eigenvalue weighted by Gasteiger charge is -2.30. The van der Waals surface area contributed by atoms with Gasteiger partial charge in [-0.25, -0.2) is 0 Å². The quantitative estimate of drug-likeness (QED) is 0.159. The fourth-order valence-electron chi connectivity index (χ4n) is 8.20. The van der Waals surface area contributed by atoms with E-state index in [9.17, 15) is 0 Å². The number of hydrogen-bond donors (Lipinski definition) is 0. The molecule has 10 aromatic rings. The molecule has 1 nitrogen and oxygen atoms in total. The second-order valence-electron chi connectivity index (χ2n) is 13.7. The zero-order valence-corrected chi connectivity index (χ0v) is 29.2. The van der Waals surface area contributed by atoms with Gasteiger partial charge in [0, 0.05) is 16.6 Å². The molecule has 0 N–H and O–H groups in total. The van der Waals surface area contributed by atoms with E-state index in [0.717, 1.165) is 17.1 Å². The van der Waals surface area contributed by atoms with Crippen LogP contribution in [0.2, 0.25) is 0 Å². The molecule has 0 saturated carbocycles. The first-order chi connectivity index (χ1) is 26.3. The van der Waals surface area contributed by atoms with Crippen LogP contribution in [0.3, 0.4) is 0 Å². The molecule has 0 unspecified atom stereocenters. The van der Waals surface area contributed by atoms with Gasteiger partial charge in [0.15, 0.2) is 0 Å². The first-order valence-electron chi connectivity index (χ1n) is 18.3. The number of benzene rings is 10. The third-order valence-electron chi connectivity index (χ3n) is 10.6. The Morgan fingerprint density at radius 2 is 0.717 bits per heavy atom. The highest BCUT2D eigenvalue weighted by molar-refractivity contribution is 6.16. The van der Waals surface area contributed by atoms with Crippen LogP contribution in [0.15, 0.2) is 212 Å². The van der Waals surface area contributed by atoms with Crippen molar-refractivity contribution in [1.29, 1.82) is 0 Å². The van der Waals surface area contributed by atoms with Crippen molar-refractivity contribution in [3.8, 4) is 33.4 Å². The van der Waals surface area contributed by atoms with E-state index >= 15 is 0 Å². The number of rotatable bonds is 6. The summed E-state index contributed by atoms with van der Waals surface area (Å²) in [7, 11) is 0. The number of nitrogens with zero attached hydrogens (tertiary/aromatic N) is 1. The minimum atomic E-state index is 1.11. The molecule has 0 fully saturated rings. The molecule has 10 rings (SSSR count). The molecule has 0 atom stereocenters. The molecule has 1 heteroatoms. The lowest BCUT2D eigenvalue weighted by molar-refractivity contribution is 1.31. The second-order valence-corrected chi connectivity index (χ2v) is 13.7. The smallest absolute Gasteiger partial charge is 0.0546 e. The lowest BCUT2D eigenvalue weighted by Crippen LogP contribution is -2.12. The summed E-state index contributed by atoms with van der Waals surface area (Å²) in [6.45, 7) is 0. The van der Waals surface area contributed by atoms with Crippen LogP contribution >= 0.6 is 0 Å². The molecule has 0 aliphatic carbocycles. The van der Waals surface area contributed by atoms with Gasteiger partial charge in [-0.2, -0.15) is 0 Å². The highest BCUT2D eigenvalue weighted by Crippen LogP contribution is 2.48. The van der Waals surface area contributed by atoms with Gasteiger partial charge in [-0.1, -0.05) is 188 Å². The molecule has 0 bridgehead atoms. The Kier molecular flexibility index (Phi) is 7.55. The first-order valence-corrected chi connectivity index (χ1v) is 18.3. The Morgan fingerprint density at radius 3 is 1.47 bits per heavy atom. The Morgan fingerprint density at radius 1 is 0.245 bits per heavy atom. The SMILES string of the molecule is c1ccc(-c2ccccc2-c2ccccc2-c2ccccc2N(c2ccc3c(ccc4ccccc43)c2)c2cc3ccccc3c3ccccc23)cc1. The molecular weight excluding hydrogens is 639 g/mol. The Hall–Kier alpha value is -6.96. The molecular formula is C52H35N. The average molecular weight is 674 g/mol. The van der Waals surface area contributed by atoms with Gasteiger partial charge in [0.2, 0.25) is 0 Å². The predicted octanol–water partition coefficient (Wildman–Crippen LogP) is 14.8. The molecule has 248 valence electrons. The minimum absolute atomic E-state index is 1.11. The third kappa shape index (κ3) is 5.34. The summed E-state index contributed by atoms with van der Waals surface area (Å²) < 4.78 is 0. The van der Waals surface area contributed by atoms with Crippen LogP contribution in [-0.4, -0.2) is 0 Å². The van der Waals surface area contributed by atoms with Crippen molar-refractivity contribution in [3.63, 3.8) is 0 Å². The zero-order valence-electron chi connectivity index (χ0n) is 29.2. The first kappa shape index (κ1) is 30.8. The van der Waals surface area contributed by atoms with Crippen molar-refractivity contribution >= 4 is 60.2 Å². The number of fused-ring (bicyclic) bond motifs is 6. The van der Waals surface area contributed by atoms with Gasteiger partial charge in [0.05, 0.1) is 11.4 Å². The summed E-state index contributed by atoms with van der Waals surface area (Å²) in [5.74, 6) is 0. The van der Waals surface area contributed by atoms with Crippen LogP contribution in [0.25, 0.3) is 76.5 Å². The van der Waals surface area contributed by atoms with Gasteiger partial charge in [0.25, 0.3) is 0 Å². The van der Waals surface area contributed by atoms with E-state index in [-0.39, 0.29) is 0 Å². The summed E-state index contributed by atoms with van der Waals surface area (Å²) in [4.78, 5) is 2.48. The fourth-order valence-corrected chi connectivity index (χ4v) is 8.20. The molecule has 0 amide bonds. The van der Waals surface area contributed by atoms with E-state index in [1.54, 1.807) is 0 Å². The van der Waals surface area contributed by atoms with E-state index in [1.165, 1.54) is 76.5 Å². The van der Waals surface area contributed by atoms with E-state index in [4.69, 9.17) is 0 Å². The minimum Gasteiger partial charge on any atom is -0.309 e. The van der Waals surface area contributed by atoms with E-state index in [1.807, 2.05) is 0 Å². The molecule has 0 aromatic heterocycles. The molecule has 0 heterocycles. The largest absolute Gasteiger partial charge is 0.309 e. The molecule has 0 saturated heterocycles. The molecule has 0 spiro atoms. The van der Waals surface area contributed by atoms with Crippen LogP contribution in [0.4, 0.5) is 17.1 Å². The van der Waals surface area contributed by atoms with Crippen molar-refractivity contribution < 1.29 is 0 Å². The predicted molar refractivity (Wildman–Crippen MR) is 227 cm³/mol. The van der Waals surface area contributed by atoms with Crippen LogP contribution in [0.1, 0.15) is 0 Å². The van der Waals surface area contributed by atoms with Gasteiger partial charge in [0.1, 0.15) is 0 Å². The fraction of sp³-hybridized carbons (Fsp3) is 0. The Bertz CT molecular complexity index is 2960. The number of para-hydroxylation sites is 1. The van der Waals surface area contributed by atoms with Crippen LogP contribution in [0, 0.1) is 0 Å². The van der Waals surface area contributed by atoms with Crippen molar-refractivity contribution in [2.24, 2.45) is 0 Å². The summed E-state index contributed by atoms with van der Waals surface area (Å²) in [6, 6.07) is 77.3. The van der Waals surface area contributed by atoms with E-state index < -0.39 is 0 Å². The summed E-state index contributed by atoms with van der Waals surface area (Å²) in [5, 5.41) is 9.92. The average Bonchev–Trinajstić information content (AvgIpc) is 3.24. The lowest BCUT2D eigenvalue weighted by atomic mass is 9.88. The van der Waals surface area contributed by atoms with Gasteiger partial charge in [-0.15, -0.1) is 0 Å². The van der Waals surface area contributed by atoms with Crippen molar-refractivity contribution in [1.82, 2.24) is 0 Å². The maximum atomic E-state index is 2.48. The van der Waals surface area contributed by atoms with Gasteiger partial charge in [-0.3, -0.25) is 0 Å². The maximum absolute atomic E-state index is 2.48. The Labute approximate surface area is 309 Å². The van der Waals surface area contributed by atoms with Crippen molar-refractivity contribution in [2.45, 2.75) is 0 Å². The molecule has 0 radical (unpaired) electrons. The van der Waals surface area contributed by atoms with Crippen molar-refractivity contribution in [3.05, 3.63) is 212 Å². The monoisotopic (exact) mass is 673 g/mol. The van der Waals surface area contributed by atoms with Gasteiger partial charge in [-0.05, 0) is 89.8 Å². The molecule has 0 aliphatic rings.